The number of carbonyl (C=O) groups is 2. The third-order valence-electron chi connectivity index (χ3n) is 5.13. The van der Waals surface area contributed by atoms with Gasteiger partial charge in [-0.3, -0.25) is 10.1 Å². The number of nitrogens with zero attached hydrogens (tertiary/aromatic N) is 1. The summed E-state index contributed by atoms with van der Waals surface area (Å²) in [7, 11) is 0. The number of anilines is 1. The van der Waals surface area contributed by atoms with Crippen molar-refractivity contribution in [2.75, 3.05) is 5.32 Å². The lowest BCUT2D eigenvalue weighted by Crippen LogP contribution is -2.34. The number of oxime groups is 1. The lowest BCUT2D eigenvalue weighted by molar-refractivity contribution is 0.0962. The van der Waals surface area contributed by atoms with Gasteiger partial charge in [0.1, 0.15) is 6.61 Å². The maximum Gasteiger partial charge on any atom is 0.326 e. The van der Waals surface area contributed by atoms with Gasteiger partial charge in [-0.05, 0) is 60.4 Å². The Morgan fingerprint density at radius 3 is 2.38 bits per heavy atom. The van der Waals surface area contributed by atoms with Crippen molar-refractivity contribution < 1.29 is 23.2 Å². The molecule has 1 fully saturated rings. The number of carbonyl (C=O) groups excluding carboxylic acids is 2. The van der Waals surface area contributed by atoms with Crippen molar-refractivity contribution in [2.24, 2.45) is 11.1 Å². The molecular formula is C25H20ClF2N3O3. The summed E-state index contributed by atoms with van der Waals surface area (Å²) in [5.74, 6) is -3.16. The van der Waals surface area contributed by atoms with Crippen LogP contribution >= 0.6 is 11.6 Å². The number of halogens is 3. The number of rotatable bonds is 7. The van der Waals surface area contributed by atoms with Gasteiger partial charge < -0.3 is 10.2 Å². The van der Waals surface area contributed by atoms with Gasteiger partial charge >= 0.3 is 6.03 Å². The Hall–Kier alpha value is -3.78. The Balaban J connectivity index is 1.31. The second-order valence-electron chi connectivity index (χ2n) is 7.74. The molecule has 34 heavy (non-hydrogen) atoms. The molecule has 0 bridgehead atoms. The molecule has 6 nitrogen and oxygen atoms in total. The fourth-order valence-electron chi connectivity index (χ4n) is 3.21. The van der Waals surface area contributed by atoms with Crippen molar-refractivity contribution in [3.05, 3.63) is 100 Å². The van der Waals surface area contributed by atoms with E-state index in [1.807, 2.05) is 29.6 Å². The fraction of sp³-hybridized carbons (Fsp3) is 0.160. The summed E-state index contributed by atoms with van der Waals surface area (Å²) < 4.78 is 27.0. The minimum Gasteiger partial charge on any atom is -0.391 e. The predicted octanol–water partition coefficient (Wildman–Crippen LogP) is 5.91. The van der Waals surface area contributed by atoms with Gasteiger partial charge in [-0.2, -0.15) is 0 Å². The Morgan fingerprint density at radius 1 is 1.00 bits per heavy atom. The molecule has 0 saturated heterocycles. The van der Waals surface area contributed by atoms with Crippen LogP contribution in [0.3, 0.4) is 0 Å². The van der Waals surface area contributed by atoms with Crippen LogP contribution in [0.2, 0.25) is 5.02 Å². The highest BCUT2D eigenvalue weighted by atomic mass is 35.5. The third-order valence-corrected chi connectivity index (χ3v) is 5.39. The van der Waals surface area contributed by atoms with Crippen LogP contribution in [0.25, 0.3) is 0 Å². The highest BCUT2D eigenvalue weighted by Gasteiger charge is 2.29. The smallest absolute Gasteiger partial charge is 0.326 e. The molecule has 0 atom stereocenters. The normalized spacial score (nSPS) is 13.3. The molecule has 0 radical (unpaired) electrons. The fourth-order valence-corrected chi connectivity index (χ4v) is 3.34. The maximum absolute atomic E-state index is 13.7. The van der Waals surface area contributed by atoms with E-state index in [4.69, 9.17) is 16.4 Å². The summed E-state index contributed by atoms with van der Waals surface area (Å²) >= 11 is 5.96. The molecule has 2 N–H and O–H groups in total. The molecule has 0 aromatic heterocycles. The van der Waals surface area contributed by atoms with Gasteiger partial charge in [0.15, 0.2) is 11.6 Å². The topological polar surface area (TPSA) is 79.8 Å². The molecule has 0 spiro atoms. The van der Waals surface area contributed by atoms with E-state index in [9.17, 15) is 18.4 Å². The average Bonchev–Trinajstić information content (AvgIpc) is 3.65. The predicted molar refractivity (Wildman–Crippen MR) is 125 cm³/mol. The van der Waals surface area contributed by atoms with E-state index in [1.165, 1.54) is 6.07 Å². The summed E-state index contributed by atoms with van der Waals surface area (Å²) in [5, 5.41) is 9.41. The van der Waals surface area contributed by atoms with Gasteiger partial charge in [-0.15, -0.1) is 0 Å². The zero-order valence-electron chi connectivity index (χ0n) is 17.9. The van der Waals surface area contributed by atoms with Crippen LogP contribution in [0.5, 0.6) is 0 Å². The minimum absolute atomic E-state index is 0.230. The first kappa shape index (κ1) is 23.4. The zero-order chi connectivity index (χ0) is 24.1. The standard InChI is InChI=1S/C25H20ClF2N3O3/c26-18-10-8-17(9-11-18)23(16-6-7-16)31-34-14-15-4-12-19(13-5-15)29-25(33)30-24(32)20-2-1-3-21(27)22(20)28/h1-5,8-13,16H,6-7,14H2,(H2,29,30,32,33). The Labute approximate surface area is 199 Å². The maximum atomic E-state index is 13.7. The highest BCUT2D eigenvalue weighted by Crippen LogP contribution is 2.33. The first-order valence-electron chi connectivity index (χ1n) is 10.5. The lowest BCUT2D eigenvalue weighted by atomic mass is 10.1. The van der Waals surface area contributed by atoms with E-state index in [0.29, 0.717) is 16.6 Å². The number of imide groups is 1. The van der Waals surface area contributed by atoms with Gasteiger partial charge in [0.2, 0.25) is 0 Å². The van der Waals surface area contributed by atoms with Crippen molar-refractivity contribution >= 4 is 34.9 Å². The number of nitrogens with one attached hydrogen (secondary N) is 2. The summed E-state index contributed by atoms with van der Waals surface area (Å²) in [5.41, 5.74) is 2.53. The monoisotopic (exact) mass is 483 g/mol. The second kappa shape index (κ2) is 10.4. The van der Waals surface area contributed by atoms with Gasteiger partial charge in [-0.25, -0.2) is 13.6 Å². The van der Waals surface area contributed by atoms with E-state index >= 15 is 0 Å². The first-order chi connectivity index (χ1) is 16.4. The van der Waals surface area contributed by atoms with Gasteiger partial charge in [0.05, 0.1) is 11.3 Å². The largest absolute Gasteiger partial charge is 0.391 e. The second-order valence-corrected chi connectivity index (χ2v) is 8.17. The van der Waals surface area contributed by atoms with Crippen LogP contribution in [-0.2, 0) is 11.4 Å². The number of benzene rings is 3. The Bertz CT molecular complexity index is 1230. The van der Waals surface area contributed by atoms with Crippen LogP contribution in [0.1, 0.15) is 34.3 Å². The van der Waals surface area contributed by atoms with Gasteiger partial charge in [0, 0.05) is 16.6 Å². The summed E-state index contributed by atoms with van der Waals surface area (Å²) in [4.78, 5) is 29.6. The molecule has 4 rings (SSSR count). The van der Waals surface area contributed by atoms with Crippen molar-refractivity contribution in [3.8, 4) is 0 Å². The molecule has 0 aliphatic heterocycles. The SMILES string of the molecule is O=C(NC(=O)c1cccc(F)c1F)Nc1ccc(CON=C(c2ccc(Cl)cc2)C2CC2)cc1. The van der Waals surface area contributed by atoms with Crippen molar-refractivity contribution in [3.63, 3.8) is 0 Å². The minimum atomic E-state index is -1.32. The average molecular weight is 484 g/mol. The number of urea groups is 1. The van der Waals surface area contributed by atoms with Crippen LogP contribution in [-0.4, -0.2) is 17.6 Å². The molecule has 1 aliphatic rings. The Morgan fingerprint density at radius 2 is 1.71 bits per heavy atom. The van der Waals surface area contributed by atoms with Crippen molar-refractivity contribution in [1.82, 2.24) is 5.32 Å². The van der Waals surface area contributed by atoms with Crippen LogP contribution in [0.4, 0.5) is 19.3 Å². The molecule has 9 heteroatoms. The lowest BCUT2D eigenvalue weighted by Gasteiger charge is -2.09. The molecule has 3 amide bonds. The van der Waals surface area contributed by atoms with Crippen molar-refractivity contribution in [2.45, 2.75) is 19.4 Å². The quantitative estimate of drug-likeness (QED) is 0.324. The number of hydrogen-bond donors (Lipinski definition) is 2. The number of amides is 3. The van der Waals surface area contributed by atoms with Crippen molar-refractivity contribution in [1.29, 1.82) is 0 Å². The molecule has 3 aromatic rings. The molecule has 3 aromatic carbocycles. The van der Waals surface area contributed by atoms with Crippen LogP contribution < -0.4 is 10.6 Å². The van der Waals surface area contributed by atoms with Crippen LogP contribution in [0.15, 0.2) is 71.9 Å². The van der Waals surface area contributed by atoms with Gasteiger partial charge in [-0.1, -0.05) is 47.1 Å². The first-order valence-corrected chi connectivity index (χ1v) is 10.9. The van der Waals surface area contributed by atoms with E-state index in [-0.39, 0.29) is 6.61 Å². The van der Waals surface area contributed by atoms with E-state index in [0.717, 1.165) is 41.8 Å². The summed E-state index contributed by atoms with van der Waals surface area (Å²) in [6.07, 6.45) is 2.14. The molecule has 0 unspecified atom stereocenters. The Kier molecular flexibility index (Phi) is 7.18. The molecule has 1 aliphatic carbocycles. The summed E-state index contributed by atoms with van der Waals surface area (Å²) in [6.45, 7) is 0.230. The number of hydrogen-bond acceptors (Lipinski definition) is 4. The summed E-state index contributed by atoms with van der Waals surface area (Å²) in [6, 6.07) is 16.5. The van der Waals surface area contributed by atoms with E-state index in [2.05, 4.69) is 10.5 Å². The van der Waals surface area contributed by atoms with E-state index in [1.54, 1.807) is 24.3 Å². The van der Waals surface area contributed by atoms with Crippen LogP contribution in [0, 0.1) is 17.6 Å². The zero-order valence-corrected chi connectivity index (χ0v) is 18.6. The molecule has 174 valence electrons. The van der Waals surface area contributed by atoms with Gasteiger partial charge in [0.25, 0.3) is 5.91 Å². The molecule has 1 saturated carbocycles. The molecular weight excluding hydrogens is 464 g/mol. The third kappa shape index (κ3) is 5.96. The van der Waals surface area contributed by atoms with E-state index < -0.39 is 29.1 Å². The molecule has 0 heterocycles. The highest BCUT2D eigenvalue weighted by molar-refractivity contribution is 6.30.